The summed E-state index contributed by atoms with van der Waals surface area (Å²) < 4.78 is 13.8. The van der Waals surface area contributed by atoms with Gasteiger partial charge in [-0.3, -0.25) is 4.79 Å². The van der Waals surface area contributed by atoms with Crippen LogP contribution in [0.1, 0.15) is 27.9 Å². The second-order valence-corrected chi connectivity index (χ2v) is 5.72. The van der Waals surface area contributed by atoms with Crippen LogP contribution in [-0.2, 0) is 6.42 Å². The zero-order valence-corrected chi connectivity index (χ0v) is 13.4. The highest BCUT2D eigenvalue weighted by molar-refractivity contribution is 9.09. The summed E-state index contributed by atoms with van der Waals surface area (Å²) in [6.07, 6.45) is 1.97. The Morgan fingerprint density at radius 2 is 2.05 bits per heavy atom. The zero-order chi connectivity index (χ0) is 15.2. The third-order valence-corrected chi connectivity index (χ3v) is 3.71. The third kappa shape index (κ3) is 4.39. The van der Waals surface area contributed by atoms with Gasteiger partial charge in [0, 0.05) is 11.0 Å². The molecular weight excluding hydrogens is 333 g/mol. The van der Waals surface area contributed by atoms with Crippen LogP contribution in [0, 0.1) is 12.7 Å². The molecule has 0 aromatic heterocycles. The highest BCUT2D eigenvalue weighted by Crippen LogP contribution is 2.16. The van der Waals surface area contributed by atoms with E-state index in [0.29, 0.717) is 5.69 Å². The molecule has 0 atom stereocenters. The number of benzene rings is 2. The molecule has 0 aliphatic carbocycles. The molecule has 0 radical (unpaired) electrons. The molecular formula is C17H17BrFNO. The molecule has 110 valence electrons. The molecule has 2 nitrogen and oxygen atoms in total. The van der Waals surface area contributed by atoms with Crippen molar-refractivity contribution in [1.29, 1.82) is 0 Å². The normalized spacial score (nSPS) is 10.4. The Balaban J connectivity index is 2.12. The topological polar surface area (TPSA) is 29.1 Å². The van der Waals surface area contributed by atoms with Crippen LogP contribution in [0.2, 0.25) is 0 Å². The number of carbonyl (C=O) groups excluding carboxylic acids is 1. The van der Waals surface area contributed by atoms with Gasteiger partial charge in [-0.1, -0.05) is 34.1 Å². The average Bonchev–Trinajstić information content (AvgIpc) is 2.45. The number of nitrogens with one attached hydrogen (secondary N) is 1. The first-order chi connectivity index (χ1) is 10.1. The monoisotopic (exact) mass is 349 g/mol. The molecule has 0 bridgehead atoms. The van der Waals surface area contributed by atoms with Crippen molar-refractivity contribution in [3.8, 4) is 0 Å². The summed E-state index contributed by atoms with van der Waals surface area (Å²) in [5.41, 5.74) is 2.69. The van der Waals surface area contributed by atoms with Crippen molar-refractivity contribution in [2.75, 3.05) is 10.6 Å². The van der Waals surface area contributed by atoms with Crippen molar-refractivity contribution in [3.63, 3.8) is 0 Å². The van der Waals surface area contributed by atoms with E-state index in [0.717, 1.165) is 29.3 Å². The fourth-order valence-corrected chi connectivity index (χ4v) is 2.36. The Bertz CT molecular complexity index is 642. The minimum Gasteiger partial charge on any atom is -0.322 e. The second kappa shape index (κ2) is 7.36. The van der Waals surface area contributed by atoms with Crippen LogP contribution in [0.5, 0.6) is 0 Å². The Labute approximate surface area is 132 Å². The number of halogens is 2. The van der Waals surface area contributed by atoms with E-state index >= 15 is 0 Å². The maximum Gasteiger partial charge on any atom is 0.258 e. The summed E-state index contributed by atoms with van der Waals surface area (Å²) in [6, 6.07) is 12.2. The van der Waals surface area contributed by atoms with Crippen molar-refractivity contribution < 1.29 is 9.18 Å². The van der Waals surface area contributed by atoms with Gasteiger partial charge in [0.15, 0.2) is 0 Å². The van der Waals surface area contributed by atoms with Gasteiger partial charge in [0.1, 0.15) is 5.82 Å². The number of hydrogen-bond acceptors (Lipinski definition) is 1. The van der Waals surface area contributed by atoms with Crippen LogP contribution >= 0.6 is 15.9 Å². The molecule has 0 unspecified atom stereocenters. The van der Waals surface area contributed by atoms with Crippen molar-refractivity contribution in [2.24, 2.45) is 0 Å². The van der Waals surface area contributed by atoms with Gasteiger partial charge >= 0.3 is 0 Å². The van der Waals surface area contributed by atoms with E-state index in [9.17, 15) is 9.18 Å². The fraction of sp³-hybridized carbons (Fsp3) is 0.235. The average molecular weight is 350 g/mol. The summed E-state index contributed by atoms with van der Waals surface area (Å²) in [4.78, 5) is 12.1. The fourth-order valence-electron chi connectivity index (χ4n) is 2.08. The van der Waals surface area contributed by atoms with Crippen LogP contribution < -0.4 is 5.32 Å². The number of carbonyl (C=O) groups is 1. The van der Waals surface area contributed by atoms with E-state index < -0.39 is 11.7 Å². The van der Waals surface area contributed by atoms with Crippen molar-refractivity contribution in [1.82, 2.24) is 0 Å². The maximum absolute atomic E-state index is 13.8. The minimum atomic E-state index is -0.497. The Morgan fingerprint density at radius 1 is 1.24 bits per heavy atom. The SMILES string of the molecule is Cc1ccc(C(=O)Nc2cccc(CCCBr)c2)c(F)c1. The number of amides is 1. The largest absolute Gasteiger partial charge is 0.322 e. The van der Waals surface area contributed by atoms with Crippen molar-refractivity contribution >= 4 is 27.5 Å². The first-order valence-corrected chi connectivity index (χ1v) is 7.94. The molecule has 2 rings (SSSR count). The molecule has 0 saturated heterocycles. The number of alkyl halides is 1. The van der Waals surface area contributed by atoms with E-state index in [1.165, 1.54) is 12.1 Å². The summed E-state index contributed by atoms with van der Waals surface area (Å²) >= 11 is 3.40. The molecule has 2 aromatic carbocycles. The van der Waals surface area contributed by atoms with Crippen molar-refractivity contribution in [3.05, 3.63) is 65.0 Å². The van der Waals surface area contributed by atoms with Crippen LogP contribution in [0.4, 0.5) is 10.1 Å². The molecule has 0 aliphatic rings. The Morgan fingerprint density at radius 3 is 2.76 bits per heavy atom. The van der Waals surface area contributed by atoms with Crippen molar-refractivity contribution in [2.45, 2.75) is 19.8 Å². The number of anilines is 1. The third-order valence-electron chi connectivity index (χ3n) is 3.15. The minimum absolute atomic E-state index is 0.0615. The van der Waals surface area contributed by atoms with Crippen LogP contribution in [-0.4, -0.2) is 11.2 Å². The quantitative estimate of drug-likeness (QED) is 0.777. The van der Waals surface area contributed by atoms with E-state index in [2.05, 4.69) is 21.2 Å². The zero-order valence-electron chi connectivity index (χ0n) is 11.8. The van der Waals surface area contributed by atoms with Gasteiger partial charge in [-0.15, -0.1) is 0 Å². The number of rotatable bonds is 5. The van der Waals surface area contributed by atoms with Gasteiger partial charge in [-0.25, -0.2) is 4.39 Å². The second-order valence-electron chi connectivity index (χ2n) is 4.93. The molecule has 0 heterocycles. The van der Waals surface area contributed by atoms with Crippen LogP contribution in [0.3, 0.4) is 0 Å². The highest BCUT2D eigenvalue weighted by Gasteiger charge is 2.11. The predicted octanol–water partition coefficient (Wildman–Crippen LogP) is 4.71. The number of hydrogen-bond donors (Lipinski definition) is 1. The van der Waals surface area contributed by atoms with Gasteiger partial charge in [0.25, 0.3) is 5.91 Å². The molecule has 21 heavy (non-hydrogen) atoms. The summed E-state index contributed by atoms with van der Waals surface area (Å²) in [6.45, 7) is 1.79. The first kappa shape index (κ1) is 15.7. The molecule has 2 aromatic rings. The smallest absolute Gasteiger partial charge is 0.258 e. The summed E-state index contributed by atoms with van der Waals surface area (Å²) in [5, 5.41) is 3.69. The van der Waals surface area contributed by atoms with Crippen LogP contribution in [0.15, 0.2) is 42.5 Å². The van der Waals surface area contributed by atoms with Gasteiger partial charge in [-0.2, -0.15) is 0 Å². The molecule has 1 amide bonds. The predicted molar refractivity (Wildman–Crippen MR) is 87.6 cm³/mol. The summed E-state index contributed by atoms with van der Waals surface area (Å²) in [5.74, 6) is -0.923. The first-order valence-electron chi connectivity index (χ1n) is 6.82. The lowest BCUT2D eigenvalue weighted by atomic mass is 10.1. The number of aryl methyl sites for hydroxylation is 2. The molecule has 1 N–H and O–H groups in total. The van der Waals surface area contributed by atoms with Gasteiger partial charge in [0.2, 0.25) is 0 Å². The van der Waals surface area contributed by atoms with Gasteiger partial charge in [0.05, 0.1) is 5.56 Å². The van der Waals surface area contributed by atoms with Crippen LogP contribution in [0.25, 0.3) is 0 Å². The molecule has 0 spiro atoms. The Kier molecular flexibility index (Phi) is 5.51. The van der Waals surface area contributed by atoms with E-state index in [1.54, 1.807) is 13.0 Å². The lowest BCUT2D eigenvalue weighted by Gasteiger charge is -2.08. The van der Waals surface area contributed by atoms with E-state index in [4.69, 9.17) is 0 Å². The lowest BCUT2D eigenvalue weighted by molar-refractivity contribution is 0.102. The standard InChI is InChI=1S/C17H17BrFNO/c1-12-7-8-15(16(19)10-12)17(21)20-14-6-2-4-13(11-14)5-3-9-18/h2,4,6-8,10-11H,3,5,9H2,1H3,(H,20,21). The van der Waals surface area contributed by atoms with Gasteiger partial charge < -0.3 is 5.32 Å². The van der Waals surface area contributed by atoms with Gasteiger partial charge in [-0.05, 0) is 55.2 Å². The van der Waals surface area contributed by atoms with E-state index in [1.807, 2.05) is 24.3 Å². The van der Waals surface area contributed by atoms with E-state index in [-0.39, 0.29) is 5.56 Å². The molecule has 4 heteroatoms. The molecule has 0 aliphatic heterocycles. The Hall–Kier alpha value is -1.68. The summed E-state index contributed by atoms with van der Waals surface area (Å²) in [7, 11) is 0. The highest BCUT2D eigenvalue weighted by atomic mass is 79.9. The lowest BCUT2D eigenvalue weighted by Crippen LogP contribution is -2.14. The molecule has 0 fully saturated rings. The molecule has 0 saturated carbocycles. The maximum atomic E-state index is 13.8.